The molecule has 224 valence electrons. The highest BCUT2D eigenvalue weighted by atomic mass is 16.4. The average Bonchev–Trinajstić information content (AvgIpc) is 2.97. The number of hydrazine groups is 1. The van der Waals surface area contributed by atoms with Crippen LogP contribution in [0.1, 0.15) is 86.8 Å². The molecule has 3 aromatic rings. The summed E-state index contributed by atoms with van der Waals surface area (Å²) in [6.45, 7) is 9.08. The molecular weight excluding hydrogens is 530 g/mol. The average molecular weight is 574 g/mol. The third-order valence-electron chi connectivity index (χ3n) is 7.08. The number of carbonyl (C=O) groups excluding carboxylic acids is 1. The van der Waals surface area contributed by atoms with E-state index in [0.29, 0.717) is 29.3 Å². The number of carboxylic acid groups (broad SMARTS) is 1. The maximum absolute atomic E-state index is 12.8. The molecule has 0 spiro atoms. The molecule has 6 N–H and O–H groups in total. The molecule has 0 fully saturated rings. The lowest BCUT2D eigenvalue weighted by atomic mass is 9.86. The van der Waals surface area contributed by atoms with Crippen molar-refractivity contribution < 1.29 is 14.7 Å². The van der Waals surface area contributed by atoms with Gasteiger partial charge in [-0.3, -0.25) is 9.80 Å². The normalized spacial score (nSPS) is 12.5. The number of carboxylic acids is 1. The summed E-state index contributed by atoms with van der Waals surface area (Å²) in [5.74, 6) is 11.2. The molecule has 0 aliphatic carbocycles. The van der Waals surface area contributed by atoms with E-state index in [2.05, 4.69) is 48.1 Å². The molecule has 0 aliphatic rings. The fourth-order valence-corrected chi connectivity index (χ4v) is 4.49. The second kappa shape index (κ2) is 15.1. The van der Waals surface area contributed by atoms with Crippen LogP contribution < -0.4 is 17.0 Å². The van der Waals surface area contributed by atoms with E-state index in [4.69, 9.17) is 11.7 Å². The summed E-state index contributed by atoms with van der Waals surface area (Å²) in [6, 6.07) is 13.4. The number of nitrogens with one attached hydrogen (secondary N) is 1. The van der Waals surface area contributed by atoms with Crippen LogP contribution in [-0.4, -0.2) is 50.4 Å². The first-order chi connectivity index (χ1) is 20.0. The standard InChI is InChI=1S/C32H43N7O3/c1-5-6-7-8-9-18-39(34)29(38-33)25-20-35-28(36-21-25)23-12-10-22(11-13-23)19-27(31(41)42)37-30(40)24-14-16-26(17-15-24)32(2,3)4/h10-17,20-21,27H,5-9,18-19,33-34H2,1-4H3,(H,37,40)(H,41,42)/b38-29-. The third-order valence-corrected chi connectivity index (χ3v) is 7.08. The van der Waals surface area contributed by atoms with Crippen LogP contribution in [0.3, 0.4) is 0 Å². The van der Waals surface area contributed by atoms with Crippen LogP contribution >= 0.6 is 0 Å². The third kappa shape index (κ3) is 9.10. The minimum absolute atomic E-state index is 0.0432. The molecule has 0 aliphatic heterocycles. The van der Waals surface area contributed by atoms with E-state index in [9.17, 15) is 14.7 Å². The van der Waals surface area contributed by atoms with Crippen LogP contribution in [0.2, 0.25) is 0 Å². The van der Waals surface area contributed by atoms with Crippen LogP contribution in [-0.2, 0) is 16.6 Å². The molecular formula is C32H43N7O3. The van der Waals surface area contributed by atoms with Crippen molar-refractivity contribution in [2.75, 3.05) is 6.54 Å². The van der Waals surface area contributed by atoms with Crippen LogP contribution in [0.4, 0.5) is 0 Å². The van der Waals surface area contributed by atoms with Crippen LogP contribution in [0, 0.1) is 0 Å². The number of benzene rings is 2. The molecule has 42 heavy (non-hydrogen) atoms. The summed E-state index contributed by atoms with van der Waals surface area (Å²) in [5, 5.41) is 17.8. The van der Waals surface area contributed by atoms with Gasteiger partial charge in [-0.05, 0) is 35.1 Å². The molecule has 1 heterocycles. The Labute approximate surface area is 248 Å². The second-order valence-corrected chi connectivity index (χ2v) is 11.4. The smallest absolute Gasteiger partial charge is 0.326 e. The number of nitrogens with zero attached hydrogens (tertiary/aromatic N) is 4. The first-order valence-corrected chi connectivity index (χ1v) is 14.4. The minimum Gasteiger partial charge on any atom is -0.480 e. The summed E-state index contributed by atoms with van der Waals surface area (Å²) in [4.78, 5) is 33.6. The summed E-state index contributed by atoms with van der Waals surface area (Å²) in [5.41, 5.74) is 3.58. The van der Waals surface area contributed by atoms with E-state index in [1.54, 1.807) is 36.7 Å². The number of amides is 1. The van der Waals surface area contributed by atoms with Crippen LogP contribution in [0.25, 0.3) is 11.4 Å². The number of rotatable bonds is 13. The Morgan fingerprint density at radius 3 is 2.12 bits per heavy atom. The maximum Gasteiger partial charge on any atom is 0.326 e. The number of hydrogen-bond donors (Lipinski definition) is 4. The fraction of sp³-hybridized carbons (Fsp3) is 0.406. The van der Waals surface area contributed by atoms with Crippen LogP contribution in [0.15, 0.2) is 66.0 Å². The number of unbranched alkanes of at least 4 members (excludes halogenated alkanes) is 4. The van der Waals surface area contributed by atoms with E-state index in [0.717, 1.165) is 29.5 Å². The van der Waals surface area contributed by atoms with Gasteiger partial charge in [0.15, 0.2) is 11.7 Å². The van der Waals surface area contributed by atoms with Gasteiger partial charge in [-0.25, -0.2) is 20.6 Å². The van der Waals surface area contributed by atoms with E-state index >= 15 is 0 Å². The van der Waals surface area contributed by atoms with Gasteiger partial charge in [0.05, 0.1) is 5.56 Å². The van der Waals surface area contributed by atoms with E-state index in [1.165, 1.54) is 24.3 Å². The van der Waals surface area contributed by atoms with Crippen molar-refractivity contribution in [2.45, 2.75) is 77.7 Å². The number of nitrogens with two attached hydrogens (primary N) is 2. The molecule has 0 bridgehead atoms. The van der Waals surface area contributed by atoms with Crippen molar-refractivity contribution in [3.05, 3.63) is 83.2 Å². The molecule has 1 atom stereocenters. The predicted octanol–water partition coefficient (Wildman–Crippen LogP) is 4.63. The zero-order valence-electron chi connectivity index (χ0n) is 25.0. The van der Waals surface area contributed by atoms with Crippen molar-refractivity contribution in [1.82, 2.24) is 20.3 Å². The van der Waals surface area contributed by atoms with Crippen molar-refractivity contribution in [3.8, 4) is 11.4 Å². The number of hydrogen-bond acceptors (Lipinski definition) is 7. The largest absolute Gasteiger partial charge is 0.480 e. The topological polar surface area (TPSA) is 160 Å². The second-order valence-electron chi connectivity index (χ2n) is 11.4. The Morgan fingerprint density at radius 1 is 0.952 bits per heavy atom. The van der Waals surface area contributed by atoms with E-state index in [-0.39, 0.29) is 11.8 Å². The Bertz CT molecular complexity index is 1330. The first kappa shape index (κ1) is 32.2. The Hall–Kier alpha value is -4.31. The van der Waals surface area contributed by atoms with E-state index < -0.39 is 17.9 Å². The highest BCUT2D eigenvalue weighted by Gasteiger charge is 2.22. The van der Waals surface area contributed by atoms with Crippen molar-refractivity contribution in [3.63, 3.8) is 0 Å². The highest BCUT2D eigenvalue weighted by molar-refractivity contribution is 5.98. The number of amidine groups is 1. The highest BCUT2D eigenvalue weighted by Crippen LogP contribution is 2.22. The van der Waals surface area contributed by atoms with Gasteiger partial charge < -0.3 is 16.3 Å². The fourth-order valence-electron chi connectivity index (χ4n) is 4.49. The SMILES string of the molecule is CCCCCCCN(N)/C(=N\N)c1cnc(-c2ccc(CC(NC(=O)c3ccc(C(C)(C)C)cc3)C(=O)O)cc2)nc1. The number of carbonyl (C=O) groups is 2. The number of hydrazone groups is 1. The molecule has 2 aromatic carbocycles. The molecule has 0 saturated heterocycles. The van der Waals surface area contributed by atoms with Gasteiger partial charge in [0.1, 0.15) is 6.04 Å². The lowest BCUT2D eigenvalue weighted by molar-refractivity contribution is -0.139. The van der Waals surface area contributed by atoms with E-state index in [1.807, 2.05) is 24.3 Å². The maximum atomic E-state index is 12.8. The molecule has 1 amide bonds. The predicted molar refractivity (Wildman–Crippen MR) is 166 cm³/mol. The lowest BCUT2D eigenvalue weighted by Crippen LogP contribution is -2.42. The van der Waals surface area contributed by atoms with Crippen LogP contribution in [0.5, 0.6) is 0 Å². The lowest BCUT2D eigenvalue weighted by Gasteiger charge is -2.20. The number of aliphatic carboxylic acids is 1. The van der Waals surface area contributed by atoms with Gasteiger partial charge in [-0.1, -0.05) is 89.8 Å². The summed E-state index contributed by atoms with van der Waals surface area (Å²) >= 11 is 0. The summed E-state index contributed by atoms with van der Waals surface area (Å²) < 4.78 is 0. The molecule has 10 heteroatoms. The molecule has 0 radical (unpaired) electrons. The molecule has 3 rings (SSSR count). The quantitative estimate of drug-likeness (QED) is 0.0757. The van der Waals surface area contributed by atoms with Gasteiger partial charge in [0, 0.05) is 36.5 Å². The minimum atomic E-state index is -1.11. The van der Waals surface area contributed by atoms with Crippen molar-refractivity contribution in [1.29, 1.82) is 0 Å². The summed E-state index contributed by atoms with van der Waals surface area (Å²) in [7, 11) is 0. The molecule has 0 saturated carbocycles. The van der Waals surface area contributed by atoms with Gasteiger partial charge in [0.25, 0.3) is 5.91 Å². The van der Waals surface area contributed by atoms with Gasteiger partial charge in [-0.2, -0.15) is 5.10 Å². The molecule has 1 unspecified atom stereocenters. The molecule has 10 nitrogen and oxygen atoms in total. The number of aromatic nitrogens is 2. The molecule has 1 aromatic heterocycles. The van der Waals surface area contributed by atoms with Gasteiger partial charge in [-0.15, -0.1) is 0 Å². The zero-order chi connectivity index (χ0) is 30.7. The monoisotopic (exact) mass is 573 g/mol. The Kier molecular flexibility index (Phi) is 11.6. The Morgan fingerprint density at radius 2 is 1.57 bits per heavy atom. The van der Waals surface area contributed by atoms with Gasteiger partial charge >= 0.3 is 5.97 Å². The first-order valence-electron chi connectivity index (χ1n) is 14.4. The van der Waals surface area contributed by atoms with Gasteiger partial charge in [0.2, 0.25) is 0 Å². The zero-order valence-corrected chi connectivity index (χ0v) is 25.0. The Balaban J connectivity index is 1.61. The van der Waals surface area contributed by atoms with Crippen molar-refractivity contribution in [2.24, 2.45) is 16.8 Å². The summed E-state index contributed by atoms with van der Waals surface area (Å²) in [6.07, 6.45) is 8.99. The van der Waals surface area contributed by atoms with Crippen molar-refractivity contribution >= 4 is 17.7 Å².